The first kappa shape index (κ1) is 14.9. The van der Waals surface area contributed by atoms with Gasteiger partial charge in [-0.15, -0.1) is 0 Å². The minimum Gasteiger partial charge on any atom is -0.368 e. The van der Waals surface area contributed by atoms with Crippen LogP contribution in [0.1, 0.15) is 23.3 Å². The number of hydrogen-bond donors (Lipinski definition) is 2. The number of aromatic nitrogens is 2. The van der Waals surface area contributed by atoms with Gasteiger partial charge in [0, 0.05) is 6.20 Å². The van der Waals surface area contributed by atoms with Crippen LogP contribution in [0.4, 0.5) is 0 Å². The van der Waals surface area contributed by atoms with Crippen LogP contribution in [0.2, 0.25) is 10.0 Å². The van der Waals surface area contributed by atoms with Crippen molar-refractivity contribution in [3.63, 3.8) is 0 Å². The van der Waals surface area contributed by atoms with Gasteiger partial charge in [0.2, 0.25) is 5.91 Å². The van der Waals surface area contributed by atoms with E-state index in [1.807, 2.05) is 0 Å². The van der Waals surface area contributed by atoms with Crippen LogP contribution in [0.3, 0.4) is 0 Å². The van der Waals surface area contributed by atoms with Crippen molar-refractivity contribution in [1.29, 1.82) is 0 Å². The van der Waals surface area contributed by atoms with Crippen molar-refractivity contribution in [2.24, 2.45) is 5.73 Å². The van der Waals surface area contributed by atoms with E-state index in [2.05, 4.69) is 10.4 Å². The zero-order valence-electron chi connectivity index (χ0n) is 11.3. The highest BCUT2D eigenvalue weighted by atomic mass is 35.5. The Kier molecular flexibility index (Phi) is 3.58. The summed E-state index contributed by atoms with van der Waals surface area (Å²) >= 11 is 11.8. The molecule has 1 aromatic heterocycles. The topological polar surface area (TPSA) is 90.0 Å². The van der Waals surface area contributed by atoms with E-state index in [9.17, 15) is 9.59 Å². The lowest BCUT2D eigenvalue weighted by molar-refractivity contribution is -0.120. The summed E-state index contributed by atoms with van der Waals surface area (Å²) in [6.45, 7) is 0. The molecule has 0 bridgehead atoms. The number of primary amides is 1. The smallest absolute Gasteiger partial charge is 0.272 e. The molecule has 114 valence electrons. The van der Waals surface area contributed by atoms with E-state index in [-0.39, 0.29) is 5.69 Å². The molecule has 8 heteroatoms. The summed E-state index contributed by atoms with van der Waals surface area (Å²) in [5.74, 6) is -0.958. The Balaban J connectivity index is 1.80. The molecule has 1 fully saturated rings. The van der Waals surface area contributed by atoms with Gasteiger partial charge < -0.3 is 11.1 Å². The highest BCUT2D eigenvalue weighted by Gasteiger charge is 2.50. The van der Waals surface area contributed by atoms with Gasteiger partial charge in [-0.1, -0.05) is 23.2 Å². The van der Waals surface area contributed by atoms with Gasteiger partial charge in [-0.2, -0.15) is 5.10 Å². The fraction of sp³-hybridized carbons (Fsp3) is 0.214. The second-order valence-corrected chi connectivity index (χ2v) is 5.96. The quantitative estimate of drug-likeness (QED) is 0.892. The minimum absolute atomic E-state index is 0.193. The number of amides is 2. The predicted molar refractivity (Wildman–Crippen MR) is 82.2 cm³/mol. The number of benzene rings is 1. The van der Waals surface area contributed by atoms with E-state index < -0.39 is 17.4 Å². The van der Waals surface area contributed by atoms with Crippen molar-refractivity contribution in [2.45, 2.75) is 18.4 Å². The SMILES string of the molecule is NC(=O)C1(NC(=O)c2ccn(-c3ccc(Cl)c(Cl)c3)n2)CC1. The molecule has 2 amide bonds. The van der Waals surface area contributed by atoms with Crippen LogP contribution in [0, 0.1) is 0 Å². The number of nitrogens with two attached hydrogens (primary N) is 1. The molecule has 6 nitrogen and oxygen atoms in total. The van der Waals surface area contributed by atoms with Crippen molar-refractivity contribution >= 4 is 35.0 Å². The second-order valence-electron chi connectivity index (χ2n) is 5.14. The molecule has 1 heterocycles. The Morgan fingerprint density at radius 2 is 1.95 bits per heavy atom. The van der Waals surface area contributed by atoms with E-state index in [0.29, 0.717) is 28.6 Å². The maximum Gasteiger partial charge on any atom is 0.272 e. The zero-order chi connectivity index (χ0) is 15.9. The largest absolute Gasteiger partial charge is 0.368 e. The maximum absolute atomic E-state index is 12.1. The van der Waals surface area contributed by atoms with Crippen LogP contribution in [0.15, 0.2) is 30.5 Å². The third kappa shape index (κ3) is 2.67. The fourth-order valence-corrected chi connectivity index (χ4v) is 2.35. The van der Waals surface area contributed by atoms with Gasteiger partial charge >= 0.3 is 0 Å². The van der Waals surface area contributed by atoms with Gasteiger partial charge in [0.15, 0.2) is 5.69 Å². The van der Waals surface area contributed by atoms with Gasteiger partial charge in [-0.3, -0.25) is 9.59 Å². The summed E-state index contributed by atoms with van der Waals surface area (Å²) in [5.41, 5.74) is 5.23. The van der Waals surface area contributed by atoms with E-state index in [1.165, 1.54) is 4.68 Å². The van der Waals surface area contributed by atoms with Gasteiger partial charge in [0.1, 0.15) is 5.54 Å². The molecule has 1 saturated carbocycles. The Hall–Kier alpha value is -2.05. The van der Waals surface area contributed by atoms with E-state index in [4.69, 9.17) is 28.9 Å². The summed E-state index contributed by atoms with van der Waals surface area (Å²) in [4.78, 5) is 23.4. The summed E-state index contributed by atoms with van der Waals surface area (Å²) in [5, 5.41) is 7.64. The first-order chi connectivity index (χ1) is 10.4. The molecular weight excluding hydrogens is 327 g/mol. The lowest BCUT2D eigenvalue weighted by atomic mass is 10.2. The number of nitrogens with one attached hydrogen (secondary N) is 1. The van der Waals surface area contributed by atoms with Crippen LogP contribution < -0.4 is 11.1 Å². The third-order valence-electron chi connectivity index (χ3n) is 3.56. The number of rotatable bonds is 4. The van der Waals surface area contributed by atoms with E-state index in [1.54, 1.807) is 30.5 Å². The van der Waals surface area contributed by atoms with Crippen molar-refractivity contribution in [3.8, 4) is 5.69 Å². The average Bonchev–Trinajstić information content (AvgIpc) is 3.09. The number of hydrogen-bond acceptors (Lipinski definition) is 3. The van der Waals surface area contributed by atoms with E-state index in [0.717, 1.165) is 0 Å². The molecule has 0 aliphatic heterocycles. The molecule has 1 aliphatic rings. The molecule has 0 radical (unpaired) electrons. The molecule has 0 spiro atoms. The third-order valence-corrected chi connectivity index (χ3v) is 4.30. The fourth-order valence-electron chi connectivity index (χ4n) is 2.06. The van der Waals surface area contributed by atoms with Crippen molar-refractivity contribution < 1.29 is 9.59 Å². The second kappa shape index (κ2) is 5.30. The van der Waals surface area contributed by atoms with Gasteiger partial charge in [0.05, 0.1) is 15.7 Å². The van der Waals surface area contributed by atoms with Crippen LogP contribution in [0.5, 0.6) is 0 Å². The number of halogens is 2. The van der Waals surface area contributed by atoms with Crippen LogP contribution in [-0.2, 0) is 4.79 Å². The average molecular weight is 339 g/mol. The maximum atomic E-state index is 12.1. The molecule has 0 saturated heterocycles. The normalized spacial score (nSPS) is 15.4. The monoisotopic (exact) mass is 338 g/mol. The molecule has 3 rings (SSSR count). The highest BCUT2D eigenvalue weighted by molar-refractivity contribution is 6.42. The van der Waals surface area contributed by atoms with Gasteiger partial charge in [-0.25, -0.2) is 4.68 Å². The van der Waals surface area contributed by atoms with Crippen molar-refractivity contribution in [2.75, 3.05) is 0 Å². The van der Waals surface area contributed by atoms with Crippen LogP contribution in [-0.4, -0.2) is 27.1 Å². The Morgan fingerprint density at radius 1 is 1.23 bits per heavy atom. The molecule has 0 atom stereocenters. The van der Waals surface area contributed by atoms with Crippen LogP contribution in [0.25, 0.3) is 5.69 Å². The Morgan fingerprint density at radius 3 is 2.55 bits per heavy atom. The predicted octanol–water partition coefficient (Wildman–Crippen LogP) is 1.93. The molecule has 3 N–H and O–H groups in total. The lowest BCUT2D eigenvalue weighted by Gasteiger charge is -2.11. The molecule has 1 aliphatic carbocycles. The number of carbonyl (C=O) groups is 2. The molecule has 1 aromatic carbocycles. The zero-order valence-corrected chi connectivity index (χ0v) is 12.9. The summed E-state index contributed by atoms with van der Waals surface area (Å²) in [7, 11) is 0. The molecule has 2 aromatic rings. The molecule has 0 unspecified atom stereocenters. The summed E-state index contributed by atoms with van der Waals surface area (Å²) < 4.78 is 1.50. The minimum atomic E-state index is -0.912. The summed E-state index contributed by atoms with van der Waals surface area (Å²) in [6, 6.07) is 6.57. The molecule has 22 heavy (non-hydrogen) atoms. The van der Waals surface area contributed by atoms with Crippen molar-refractivity contribution in [1.82, 2.24) is 15.1 Å². The summed E-state index contributed by atoms with van der Waals surface area (Å²) in [6.07, 6.45) is 2.74. The van der Waals surface area contributed by atoms with Crippen LogP contribution >= 0.6 is 23.2 Å². The Bertz CT molecular complexity index is 768. The standard InChI is InChI=1S/C14H12Cl2N4O2/c15-9-2-1-8(7-10(9)16)20-6-3-11(19-20)12(21)18-14(4-5-14)13(17)22/h1-3,6-7H,4-5H2,(H2,17,22)(H,18,21). The van der Waals surface area contributed by atoms with Gasteiger partial charge in [-0.05, 0) is 37.1 Å². The number of carbonyl (C=O) groups excluding carboxylic acids is 2. The highest BCUT2D eigenvalue weighted by Crippen LogP contribution is 2.35. The van der Waals surface area contributed by atoms with E-state index >= 15 is 0 Å². The van der Waals surface area contributed by atoms with Crippen molar-refractivity contribution in [3.05, 3.63) is 46.2 Å². The number of nitrogens with zero attached hydrogens (tertiary/aromatic N) is 2. The first-order valence-corrected chi connectivity index (χ1v) is 7.30. The lowest BCUT2D eigenvalue weighted by Crippen LogP contribution is -2.46. The first-order valence-electron chi connectivity index (χ1n) is 6.55. The van der Waals surface area contributed by atoms with Gasteiger partial charge in [0.25, 0.3) is 5.91 Å². The Labute approximate surface area is 136 Å². The molecular formula is C14H12Cl2N4O2.